The summed E-state index contributed by atoms with van der Waals surface area (Å²) in [4.78, 5) is 12.0. The Kier molecular flexibility index (Phi) is 2.48. The second kappa shape index (κ2) is 4.05. The Morgan fingerprint density at radius 2 is 2.16 bits per heavy atom. The zero-order valence-corrected chi connectivity index (χ0v) is 10.5. The molecular formula is C14H12O5. The number of ether oxygens (including phenoxy) is 1. The number of phenols is 1. The van der Waals surface area contributed by atoms with Crippen LogP contribution in [0.5, 0.6) is 11.5 Å². The highest BCUT2D eigenvalue weighted by atomic mass is 16.5. The first kappa shape index (κ1) is 11.6. The molecule has 0 amide bonds. The summed E-state index contributed by atoms with van der Waals surface area (Å²) in [6.07, 6.45) is 1.43. The van der Waals surface area contributed by atoms with Crippen molar-refractivity contribution in [3.05, 3.63) is 34.4 Å². The van der Waals surface area contributed by atoms with Gasteiger partial charge in [-0.25, -0.2) is 0 Å². The fourth-order valence-electron chi connectivity index (χ4n) is 2.18. The van der Waals surface area contributed by atoms with Gasteiger partial charge in [0.1, 0.15) is 16.9 Å². The van der Waals surface area contributed by atoms with Gasteiger partial charge in [0.15, 0.2) is 16.6 Å². The van der Waals surface area contributed by atoms with Crippen LogP contribution in [0.15, 0.2) is 32.0 Å². The molecule has 0 spiro atoms. The van der Waals surface area contributed by atoms with Crippen LogP contribution in [-0.4, -0.2) is 11.7 Å². The summed E-state index contributed by atoms with van der Waals surface area (Å²) in [5, 5.41) is 10.7. The van der Waals surface area contributed by atoms with Crippen LogP contribution < -0.4 is 10.2 Å². The number of fused-ring (bicyclic) bond motifs is 2. The van der Waals surface area contributed by atoms with Gasteiger partial charge in [-0.2, -0.15) is 0 Å². The van der Waals surface area contributed by atoms with E-state index in [2.05, 4.69) is 0 Å². The number of rotatable bonds is 2. The van der Waals surface area contributed by atoms with Gasteiger partial charge < -0.3 is 18.7 Å². The Morgan fingerprint density at radius 3 is 2.89 bits per heavy atom. The molecule has 0 bridgehead atoms. The molecule has 1 N–H and O–H groups in total. The normalized spacial score (nSPS) is 11.3. The minimum atomic E-state index is -0.305. The first-order chi connectivity index (χ1) is 9.13. The van der Waals surface area contributed by atoms with E-state index in [1.165, 1.54) is 12.3 Å². The zero-order chi connectivity index (χ0) is 13.6. The molecule has 1 aromatic carbocycles. The van der Waals surface area contributed by atoms with Crippen LogP contribution >= 0.6 is 0 Å². The molecule has 2 heterocycles. The fraction of sp³-hybridized carbons (Fsp3) is 0.214. The predicted octanol–water partition coefficient (Wildman–Crippen LogP) is 2.95. The van der Waals surface area contributed by atoms with Crippen LogP contribution in [-0.2, 0) is 0 Å². The number of aryl methyl sites for hydroxylation is 1. The SMILES string of the molecule is CCOc1c2occc2c(O)c2c(=O)cc(C)oc12. The lowest BCUT2D eigenvalue weighted by Gasteiger charge is -2.09. The molecule has 0 fully saturated rings. The number of hydrogen-bond donors (Lipinski definition) is 1. The Balaban J connectivity index is 2.61. The molecule has 2 aromatic heterocycles. The topological polar surface area (TPSA) is 72.8 Å². The van der Waals surface area contributed by atoms with Gasteiger partial charge in [-0.15, -0.1) is 0 Å². The highest BCUT2D eigenvalue weighted by molar-refractivity contribution is 6.06. The lowest BCUT2D eigenvalue weighted by Crippen LogP contribution is -2.03. The van der Waals surface area contributed by atoms with Gasteiger partial charge in [-0.05, 0) is 19.9 Å². The van der Waals surface area contributed by atoms with E-state index in [1.54, 1.807) is 13.0 Å². The Morgan fingerprint density at radius 1 is 1.37 bits per heavy atom. The molecule has 0 unspecified atom stereocenters. The van der Waals surface area contributed by atoms with Crippen molar-refractivity contribution in [2.24, 2.45) is 0 Å². The molecule has 3 aromatic rings. The van der Waals surface area contributed by atoms with E-state index >= 15 is 0 Å². The quantitative estimate of drug-likeness (QED) is 0.766. The first-order valence-electron chi connectivity index (χ1n) is 5.93. The van der Waals surface area contributed by atoms with Gasteiger partial charge in [0, 0.05) is 6.07 Å². The summed E-state index contributed by atoms with van der Waals surface area (Å²) < 4.78 is 16.4. The van der Waals surface area contributed by atoms with Gasteiger partial charge in [0.2, 0.25) is 5.75 Å². The summed E-state index contributed by atoms with van der Waals surface area (Å²) >= 11 is 0. The van der Waals surface area contributed by atoms with Gasteiger partial charge in [0.25, 0.3) is 0 Å². The van der Waals surface area contributed by atoms with E-state index in [-0.39, 0.29) is 22.1 Å². The molecule has 0 atom stereocenters. The van der Waals surface area contributed by atoms with Crippen molar-refractivity contribution in [1.82, 2.24) is 0 Å². The van der Waals surface area contributed by atoms with Crippen LogP contribution in [0.2, 0.25) is 0 Å². The number of benzene rings is 1. The van der Waals surface area contributed by atoms with E-state index < -0.39 is 0 Å². The molecule has 98 valence electrons. The summed E-state index contributed by atoms with van der Waals surface area (Å²) in [5.74, 6) is 0.649. The number of hydrogen-bond acceptors (Lipinski definition) is 5. The fourth-order valence-corrected chi connectivity index (χ4v) is 2.18. The first-order valence-corrected chi connectivity index (χ1v) is 5.93. The largest absolute Gasteiger partial charge is 0.506 e. The molecule has 0 saturated heterocycles. The number of phenolic OH excluding ortho intramolecular Hbond substituents is 1. The standard InChI is InChI=1S/C14H12O5/c1-3-17-14-12-8(4-5-18-12)11(16)10-9(15)6-7(2)19-13(10)14/h4-6,16H,3H2,1-2H3. The minimum absolute atomic E-state index is 0.114. The van der Waals surface area contributed by atoms with Crippen molar-refractivity contribution < 1.29 is 18.7 Å². The van der Waals surface area contributed by atoms with Crippen molar-refractivity contribution in [3.8, 4) is 11.5 Å². The lowest BCUT2D eigenvalue weighted by molar-refractivity contribution is 0.335. The third-order valence-electron chi connectivity index (χ3n) is 2.93. The van der Waals surface area contributed by atoms with Crippen LogP contribution in [0.3, 0.4) is 0 Å². The van der Waals surface area contributed by atoms with Crippen LogP contribution in [0, 0.1) is 6.92 Å². The van der Waals surface area contributed by atoms with Gasteiger partial charge in [-0.3, -0.25) is 4.79 Å². The predicted molar refractivity (Wildman–Crippen MR) is 69.8 cm³/mol. The maximum absolute atomic E-state index is 12.0. The molecule has 0 aliphatic heterocycles. The van der Waals surface area contributed by atoms with E-state index in [9.17, 15) is 9.90 Å². The third-order valence-corrected chi connectivity index (χ3v) is 2.93. The zero-order valence-electron chi connectivity index (χ0n) is 10.5. The lowest BCUT2D eigenvalue weighted by atomic mass is 10.1. The van der Waals surface area contributed by atoms with Gasteiger partial charge in [-0.1, -0.05) is 0 Å². The van der Waals surface area contributed by atoms with E-state index in [4.69, 9.17) is 13.6 Å². The average molecular weight is 260 g/mol. The summed E-state index contributed by atoms with van der Waals surface area (Å²) in [6, 6.07) is 2.93. The second-order valence-corrected chi connectivity index (χ2v) is 4.20. The second-order valence-electron chi connectivity index (χ2n) is 4.20. The van der Waals surface area contributed by atoms with E-state index in [0.29, 0.717) is 29.1 Å². The number of furan rings is 1. The third kappa shape index (κ3) is 1.58. The molecule has 0 saturated carbocycles. The molecule has 0 aliphatic rings. The summed E-state index contributed by atoms with van der Waals surface area (Å²) in [5.41, 5.74) is 0.285. The molecule has 3 rings (SSSR count). The van der Waals surface area contributed by atoms with Gasteiger partial charge in [0.05, 0.1) is 18.3 Å². The average Bonchev–Trinajstić information content (AvgIpc) is 2.82. The minimum Gasteiger partial charge on any atom is -0.506 e. The monoisotopic (exact) mass is 260 g/mol. The Bertz CT molecular complexity index is 825. The molecule has 0 aliphatic carbocycles. The smallest absolute Gasteiger partial charge is 0.206 e. The molecule has 5 nitrogen and oxygen atoms in total. The van der Waals surface area contributed by atoms with Crippen LogP contribution in [0.25, 0.3) is 21.9 Å². The van der Waals surface area contributed by atoms with E-state index in [0.717, 1.165) is 0 Å². The Hall–Kier alpha value is -2.43. The summed E-state index contributed by atoms with van der Waals surface area (Å²) in [6.45, 7) is 3.88. The van der Waals surface area contributed by atoms with Crippen LogP contribution in [0.4, 0.5) is 0 Å². The maximum atomic E-state index is 12.0. The molecule has 0 radical (unpaired) electrons. The summed E-state index contributed by atoms with van der Waals surface area (Å²) in [7, 11) is 0. The highest BCUT2D eigenvalue weighted by Crippen LogP contribution is 2.41. The van der Waals surface area contributed by atoms with E-state index in [1.807, 2.05) is 6.92 Å². The van der Waals surface area contributed by atoms with Crippen molar-refractivity contribution >= 4 is 21.9 Å². The maximum Gasteiger partial charge on any atom is 0.206 e. The highest BCUT2D eigenvalue weighted by Gasteiger charge is 2.21. The van der Waals surface area contributed by atoms with Crippen molar-refractivity contribution in [3.63, 3.8) is 0 Å². The van der Waals surface area contributed by atoms with Crippen molar-refractivity contribution in [2.75, 3.05) is 6.61 Å². The molecular weight excluding hydrogens is 248 g/mol. The van der Waals surface area contributed by atoms with Crippen molar-refractivity contribution in [2.45, 2.75) is 13.8 Å². The molecule has 5 heteroatoms. The number of aromatic hydroxyl groups is 1. The van der Waals surface area contributed by atoms with Crippen LogP contribution in [0.1, 0.15) is 12.7 Å². The Labute approximate surface area is 108 Å². The molecule has 19 heavy (non-hydrogen) atoms. The van der Waals surface area contributed by atoms with Crippen molar-refractivity contribution in [1.29, 1.82) is 0 Å². The van der Waals surface area contributed by atoms with Gasteiger partial charge >= 0.3 is 0 Å².